The van der Waals surface area contributed by atoms with E-state index >= 15 is 0 Å². The topological polar surface area (TPSA) is 83.9 Å². The van der Waals surface area contributed by atoms with Gasteiger partial charge in [-0.1, -0.05) is 11.6 Å². The minimum atomic E-state index is 0.0149. The average Bonchev–Trinajstić information content (AvgIpc) is 3.19. The summed E-state index contributed by atoms with van der Waals surface area (Å²) in [6.45, 7) is 1.33. The Morgan fingerprint density at radius 3 is 2.74 bits per heavy atom. The van der Waals surface area contributed by atoms with Crippen LogP contribution in [0.1, 0.15) is 28.4 Å². The Labute approximate surface area is 161 Å². The van der Waals surface area contributed by atoms with Crippen LogP contribution in [-0.2, 0) is 0 Å². The lowest BCUT2D eigenvalue weighted by molar-refractivity contribution is 0.0790. The maximum atomic E-state index is 12.7. The Bertz CT molecular complexity index is 934. The molecule has 0 radical (unpaired) electrons. The van der Waals surface area contributed by atoms with Crippen molar-refractivity contribution in [2.45, 2.75) is 12.3 Å². The first-order chi connectivity index (χ1) is 13.2. The number of halogens is 1. The molecule has 27 heavy (non-hydrogen) atoms. The first kappa shape index (κ1) is 17.4. The quantitative estimate of drug-likeness (QED) is 0.747. The molecule has 0 bridgehead atoms. The van der Waals surface area contributed by atoms with Crippen molar-refractivity contribution in [2.24, 2.45) is 0 Å². The summed E-state index contributed by atoms with van der Waals surface area (Å²) in [5, 5.41) is 3.66. The molecular weight excluding hydrogens is 364 g/mol. The summed E-state index contributed by atoms with van der Waals surface area (Å²) >= 11 is 5.90. The van der Waals surface area contributed by atoms with Crippen LogP contribution in [-0.4, -0.2) is 43.8 Å². The Kier molecular flexibility index (Phi) is 4.93. The van der Waals surface area contributed by atoms with E-state index in [-0.39, 0.29) is 11.8 Å². The molecule has 1 aromatic carbocycles. The zero-order valence-electron chi connectivity index (χ0n) is 14.4. The zero-order valence-corrected chi connectivity index (χ0v) is 15.2. The van der Waals surface area contributed by atoms with Crippen molar-refractivity contribution in [3.8, 4) is 0 Å². The van der Waals surface area contributed by atoms with Crippen LogP contribution in [0.5, 0.6) is 0 Å². The second kappa shape index (κ2) is 7.67. The molecule has 2 aromatic heterocycles. The summed E-state index contributed by atoms with van der Waals surface area (Å²) in [6.07, 6.45) is 7.39. The van der Waals surface area contributed by atoms with Crippen LogP contribution in [0.25, 0.3) is 0 Å². The number of benzene rings is 1. The molecule has 1 aliphatic heterocycles. The predicted octanol–water partition coefficient (Wildman–Crippen LogP) is 3.29. The van der Waals surface area contributed by atoms with Crippen LogP contribution >= 0.6 is 11.6 Å². The highest BCUT2D eigenvalue weighted by Crippen LogP contribution is 2.27. The van der Waals surface area contributed by atoms with Gasteiger partial charge in [0.25, 0.3) is 5.91 Å². The van der Waals surface area contributed by atoms with Gasteiger partial charge in [0.05, 0.1) is 11.9 Å². The third-order valence-electron chi connectivity index (χ3n) is 4.47. The van der Waals surface area contributed by atoms with Crippen molar-refractivity contribution in [3.63, 3.8) is 0 Å². The third-order valence-corrected chi connectivity index (χ3v) is 4.72. The standard InChI is InChI=1S/C19H17ClN6O/c20-15-3-1-13(2-4-15)18(27)26-10-6-14(12-26)16-5-7-23-19(24-16)25-17-11-21-8-9-22-17/h1-5,7-9,11,14H,6,10,12H2,(H,22,23,24,25). The minimum Gasteiger partial charge on any atom is -0.338 e. The van der Waals surface area contributed by atoms with E-state index in [2.05, 4.69) is 25.3 Å². The minimum absolute atomic E-state index is 0.0149. The van der Waals surface area contributed by atoms with E-state index in [4.69, 9.17) is 11.6 Å². The Morgan fingerprint density at radius 2 is 1.96 bits per heavy atom. The molecule has 1 atom stereocenters. The van der Waals surface area contributed by atoms with Crippen LogP contribution in [0.2, 0.25) is 5.02 Å². The maximum absolute atomic E-state index is 12.7. The number of hydrogen-bond donors (Lipinski definition) is 1. The van der Waals surface area contributed by atoms with Gasteiger partial charge in [-0.05, 0) is 36.8 Å². The highest BCUT2D eigenvalue weighted by atomic mass is 35.5. The summed E-state index contributed by atoms with van der Waals surface area (Å²) in [7, 11) is 0. The van der Waals surface area contributed by atoms with Crippen molar-refractivity contribution < 1.29 is 4.79 Å². The highest BCUT2D eigenvalue weighted by Gasteiger charge is 2.29. The molecule has 0 aliphatic carbocycles. The number of amides is 1. The van der Waals surface area contributed by atoms with Crippen molar-refractivity contribution in [1.82, 2.24) is 24.8 Å². The number of nitrogens with one attached hydrogen (secondary N) is 1. The molecular formula is C19H17ClN6O. The number of carbonyl (C=O) groups is 1. The molecule has 0 spiro atoms. The number of aromatic nitrogens is 4. The summed E-state index contributed by atoms with van der Waals surface area (Å²) in [5.41, 5.74) is 1.55. The van der Waals surface area contributed by atoms with Crippen LogP contribution in [0.3, 0.4) is 0 Å². The Morgan fingerprint density at radius 1 is 1.11 bits per heavy atom. The van der Waals surface area contributed by atoms with E-state index in [1.165, 1.54) is 0 Å². The molecule has 0 saturated carbocycles. The lowest BCUT2D eigenvalue weighted by Gasteiger charge is -2.16. The molecule has 136 valence electrons. The fraction of sp³-hybridized carbons (Fsp3) is 0.211. The fourth-order valence-electron chi connectivity index (χ4n) is 3.10. The predicted molar refractivity (Wildman–Crippen MR) is 102 cm³/mol. The van der Waals surface area contributed by atoms with Crippen LogP contribution in [0, 0.1) is 0 Å². The largest absolute Gasteiger partial charge is 0.338 e. The molecule has 1 fully saturated rings. The highest BCUT2D eigenvalue weighted by molar-refractivity contribution is 6.30. The molecule has 1 unspecified atom stereocenters. The smallest absolute Gasteiger partial charge is 0.253 e. The van der Waals surface area contributed by atoms with E-state index in [0.717, 1.165) is 12.1 Å². The van der Waals surface area contributed by atoms with Gasteiger partial charge in [0.1, 0.15) is 0 Å². The summed E-state index contributed by atoms with van der Waals surface area (Å²) < 4.78 is 0. The van der Waals surface area contributed by atoms with Crippen LogP contribution < -0.4 is 5.32 Å². The maximum Gasteiger partial charge on any atom is 0.253 e. The number of rotatable bonds is 4. The molecule has 1 saturated heterocycles. The molecule has 7 nitrogen and oxygen atoms in total. The van der Waals surface area contributed by atoms with Gasteiger partial charge in [-0.2, -0.15) is 0 Å². The number of carbonyl (C=O) groups excluding carboxylic acids is 1. The third kappa shape index (κ3) is 4.03. The van der Waals surface area contributed by atoms with Crippen molar-refractivity contribution in [2.75, 3.05) is 18.4 Å². The van der Waals surface area contributed by atoms with Crippen molar-refractivity contribution in [1.29, 1.82) is 0 Å². The average molecular weight is 381 g/mol. The van der Waals surface area contributed by atoms with Gasteiger partial charge >= 0.3 is 0 Å². The van der Waals surface area contributed by atoms with Gasteiger partial charge in [0.2, 0.25) is 5.95 Å². The second-order valence-electron chi connectivity index (χ2n) is 6.26. The van der Waals surface area contributed by atoms with E-state index in [0.29, 0.717) is 35.4 Å². The van der Waals surface area contributed by atoms with Gasteiger partial charge in [-0.3, -0.25) is 9.78 Å². The lowest BCUT2D eigenvalue weighted by atomic mass is 10.1. The van der Waals surface area contributed by atoms with Gasteiger partial charge < -0.3 is 10.2 Å². The molecule has 1 aliphatic rings. The molecule has 3 aromatic rings. The van der Waals surface area contributed by atoms with Crippen LogP contribution in [0.4, 0.5) is 11.8 Å². The van der Waals surface area contributed by atoms with E-state index < -0.39 is 0 Å². The molecule has 3 heterocycles. The number of hydrogen-bond acceptors (Lipinski definition) is 6. The molecule has 8 heteroatoms. The monoisotopic (exact) mass is 380 g/mol. The fourth-order valence-corrected chi connectivity index (χ4v) is 3.23. The molecule has 1 N–H and O–H groups in total. The van der Waals surface area contributed by atoms with Gasteiger partial charge in [0.15, 0.2) is 5.82 Å². The normalized spacial score (nSPS) is 16.3. The van der Waals surface area contributed by atoms with Gasteiger partial charge in [-0.15, -0.1) is 0 Å². The van der Waals surface area contributed by atoms with Crippen molar-refractivity contribution in [3.05, 3.63) is 71.4 Å². The lowest BCUT2D eigenvalue weighted by Crippen LogP contribution is -2.28. The Hall–Kier alpha value is -3.06. The molecule has 1 amide bonds. The van der Waals surface area contributed by atoms with Crippen LogP contribution in [0.15, 0.2) is 55.1 Å². The number of anilines is 2. The first-order valence-electron chi connectivity index (χ1n) is 8.60. The SMILES string of the molecule is O=C(c1ccc(Cl)cc1)N1CCC(c2ccnc(Nc3cnccn3)n2)C1. The second-order valence-corrected chi connectivity index (χ2v) is 6.70. The first-order valence-corrected chi connectivity index (χ1v) is 8.97. The summed E-state index contributed by atoms with van der Waals surface area (Å²) in [5.74, 6) is 1.24. The summed E-state index contributed by atoms with van der Waals surface area (Å²) in [6, 6.07) is 8.87. The van der Waals surface area contributed by atoms with E-state index in [1.54, 1.807) is 49.1 Å². The van der Waals surface area contributed by atoms with E-state index in [9.17, 15) is 4.79 Å². The number of nitrogens with zero attached hydrogens (tertiary/aromatic N) is 5. The van der Waals surface area contributed by atoms with E-state index in [1.807, 2.05) is 11.0 Å². The van der Waals surface area contributed by atoms with Gasteiger partial charge in [0, 0.05) is 48.2 Å². The zero-order chi connectivity index (χ0) is 18.6. The molecule has 4 rings (SSSR count). The summed E-state index contributed by atoms with van der Waals surface area (Å²) in [4.78, 5) is 31.5. The van der Waals surface area contributed by atoms with Gasteiger partial charge in [-0.25, -0.2) is 15.0 Å². The Balaban J connectivity index is 1.45. The number of likely N-dealkylation sites (tertiary alicyclic amines) is 1. The van der Waals surface area contributed by atoms with Crippen molar-refractivity contribution >= 4 is 29.3 Å².